The number of morpholine rings is 1. The number of nitrogens with zero attached hydrogens (tertiary/aromatic N) is 5. The number of nitrogens with one attached hydrogen (secondary N) is 1. The van der Waals surface area contributed by atoms with Crippen LogP contribution in [0.1, 0.15) is 16.8 Å². The second-order valence-corrected chi connectivity index (χ2v) is 6.87. The van der Waals surface area contributed by atoms with Gasteiger partial charge in [0, 0.05) is 37.5 Å². The molecular formula is C20H23N7O. The molecule has 0 spiro atoms. The lowest BCUT2D eigenvalue weighted by molar-refractivity contribution is 0.122. The highest BCUT2D eigenvalue weighted by Crippen LogP contribution is 2.25. The Bertz CT molecular complexity index is 1020. The van der Waals surface area contributed by atoms with Crippen molar-refractivity contribution in [2.75, 3.05) is 36.9 Å². The predicted molar refractivity (Wildman–Crippen MR) is 109 cm³/mol. The minimum atomic E-state index is 0.277. The minimum Gasteiger partial charge on any atom is -0.397 e. The minimum absolute atomic E-state index is 0.277. The van der Waals surface area contributed by atoms with Gasteiger partial charge in [0.25, 0.3) is 0 Å². The van der Waals surface area contributed by atoms with E-state index in [1.54, 1.807) is 17.1 Å². The summed E-state index contributed by atoms with van der Waals surface area (Å²) in [4.78, 5) is 11.4. The Hall–Kier alpha value is -3.26. The number of aryl methyl sites for hydroxylation is 2. The van der Waals surface area contributed by atoms with E-state index in [9.17, 15) is 0 Å². The van der Waals surface area contributed by atoms with Crippen LogP contribution >= 0.6 is 0 Å². The molecule has 1 saturated heterocycles. The monoisotopic (exact) mass is 377 g/mol. The number of rotatable bonds is 4. The summed E-state index contributed by atoms with van der Waals surface area (Å²) < 4.78 is 7.16. The number of hydrogen-bond donors (Lipinski definition) is 2. The third kappa shape index (κ3) is 3.46. The topological polar surface area (TPSA) is 106 Å². The quantitative estimate of drug-likeness (QED) is 0.674. The molecular weight excluding hydrogens is 354 g/mol. The highest BCUT2D eigenvalue weighted by molar-refractivity contribution is 6.13. The van der Waals surface area contributed by atoms with Crippen molar-refractivity contribution in [1.82, 2.24) is 19.7 Å². The van der Waals surface area contributed by atoms with Gasteiger partial charge in [0.05, 0.1) is 48.4 Å². The Morgan fingerprint density at radius 2 is 2.00 bits per heavy atom. The van der Waals surface area contributed by atoms with Gasteiger partial charge in [0.2, 0.25) is 0 Å². The second-order valence-electron chi connectivity index (χ2n) is 6.87. The zero-order valence-electron chi connectivity index (χ0n) is 16.0. The SMILES string of the molecule is Cc1ccc(C(=N)c2cc(-c3cnn(C)c3)ncc2N)nc1N1CCOCC1. The van der Waals surface area contributed by atoms with E-state index < -0.39 is 0 Å². The van der Waals surface area contributed by atoms with Gasteiger partial charge in [0.1, 0.15) is 5.82 Å². The summed E-state index contributed by atoms with van der Waals surface area (Å²) in [5.74, 6) is 0.894. The molecule has 0 aliphatic carbocycles. The second kappa shape index (κ2) is 7.40. The molecule has 28 heavy (non-hydrogen) atoms. The molecule has 0 radical (unpaired) electrons. The Morgan fingerprint density at radius 1 is 1.21 bits per heavy atom. The predicted octanol–water partition coefficient (Wildman–Crippen LogP) is 2.02. The van der Waals surface area contributed by atoms with Crippen LogP contribution in [0.4, 0.5) is 11.5 Å². The van der Waals surface area contributed by atoms with Gasteiger partial charge in [-0.1, -0.05) is 6.07 Å². The van der Waals surface area contributed by atoms with Crippen molar-refractivity contribution in [3.63, 3.8) is 0 Å². The van der Waals surface area contributed by atoms with Gasteiger partial charge < -0.3 is 15.4 Å². The zero-order chi connectivity index (χ0) is 19.7. The average molecular weight is 377 g/mol. The maximum Gasteiger partial charge on any atom is 0.132 e. The Labute approximate surface area is 163 Å². The molecule has 0 amide bonds. The summed E-state index contributed by atoms with van der Waals surface area (Å²) in [7, 11) is 1.85. The molecule has 144 valence electrons. The standard InChI is InChI=1S/C20H23N7O/c1-13-3-4-17(25-20(13)27-5-7-28-8-6-27)19(22)15-9-18(23-11-16(15)21)14-10-24-26(2)12-14/h3-4,9-12,22H,5-8,21H2,1-2H3. The zero-order valence-corrected chi connectivity index (χ0v) is 16.0. The Morgan fingerprint density at radius 3 is 2.71 bits per heavy atom. The molecule has 3 aromatic rings. The molecule has 3 N–H and O–H groups in total. The van der Waals surface area contributed by atoms with Gasteiger partial charge in [-0.05, 0) is 24.6 Å². The first-order valence-corrected chi connectivity index (χ1v) is 9.17. The summed E-state index contributed by atoms with van der Waals surface area (Å²) in [5.41, 5.74) is 10.7. The van der Waals surface area contributed by atoms with Gasteiger partial charge in [-0.15, -0.1) is 0 Å². The van der Waals surface area contributed by atoms with Gasteiger partial charge in [0.15, 0.2) is 0 Å². The molecule has 1 aliphatic rings. The summed E-state index contributed by atoms with van der Waals surface area (Å²) in [6.07, 6.45) is 5.21. The van der Waals surface area contributed by atoms with Crippen LogP contribution < -0.4 is 10.6 Å². The number of nitrogen functional groups attached to an aromatic ring is 1. The molecule has 0 atom stereocenters. The lowest BCUT2D eigenvalue weighted by Crippen LogP contribution is -2.37. The molecule has 8 nitrogen and oxygen atoms in total. The van der Waals surface area contributed by atoms with E-state index in [1.807, 2.05) is 38.4 Å². The molecule has 4 heterocycles. The van der Waals surface area contributed by atoms with Crippen LogP contribution in [0.15, 0.2) is 36.8 Å². The fourth-order valence-corrected chi connectivity index (χ4v) is 3.28. The Kier molecular flexibility index (Phi) is 4.79. The van der Waals surface area contributed by atoms with Crippen molar-refractivity contribution in [1.29, 1.82) is 5.41 Å². The fraction of sp³-hybridized carbons (Fsp3) is 0.300. The van der Waals surface area contributed by atoms with Crippen molar-refractivity contribution < 1.29 is 4.74 Å². The van der Waals surface area contributed by atoms with Gasteiger partial charge in [-0.25, -0.2) is 4.98 Å². The van der Waals surface area contributed by atoms with Crippen molar-refractivity contribution in [3.05, 3.63) is 53.6 Å². The molecule has 3 aromatic heterocycles. The fourth-order valence-electron chi connectivity index (χ4n) is 3.28. The molecule has 0 bridgehead atoms. The smallest absolute Gasteiger partial charge is 0.132 e. The largest absolute Gasteiger partial charge is 0.397 e. The maximum absolute atomic E-state index is 8.72. The van der Waals surface area contributed by atoms with Crippen molar-refractivity contribution in [2.45, 2.75) is 6.92 Å². The number of aromatic nitrogens is 4. The molecule has 0 unspecified atom stereocenters. The van der Waals surface area contributed by atoms with Crippen LogP contribution in [0.5, 0.6) is 0 Å². The van der Waals surface area contributed by atoms with E-state index in [2.05, 4.69) is 15.0 Å². The van der Waals surface area contributed by atoms with Crippen LogP contribution in [0.25, 0.3) is 11.3 Å². The van der Waals surface area contributed by atoms with E-state index in [-0.39, 0.29) is 5.71 Å². The third-order valence-corrected chi connectivity index (χ3v) is 4.84. The number of hydrogen-bond acceptors (Lipinski definition) is 7. The molecule has 4 rings (SSSR count). The lowest BCUT2D eigenvalue weighted by atomic mass is 10.0. The van der Waals surface area contributed by atoms with Crippen LogP contribution in [-0.4, -0.2) is 51.8 Å². The molecule has 8 heteroatoms. The molecule has 0 aromatic carbocycles. The van der Waals surface area contributed by atoms with Crippen molar-refractivity contribution in [3.8, 4) is 11.3 Å². The summed E-state index contributed by atoms with van der Waals surface area (Å²) in [5, 5.41) is 12.9. The summed E-state index contributed by atoms with van der Waals surface area (Å²) in [6, 6.07) is 5.69. The van der Waals surface area contributed by atoms with E-state index >= 15 is 0 Å². The summed E-state index contributed by atoms with van der Waals surface area (Å²) >= 11 is 0. The maximum atomic E-state index is 8.72. The molecule has 1 fully saturated rings. The van der Waals surface area contributed by atoms with E-state index in [0.29, 0.717) is 30.2 Å². The van der Waals surface area contributed by atoms with Crippen LogP contribution in [-0.2, 0) is 11.8 Å². The van der Waals surface area contributed by atoms with Gasteiger partial charge in [-0.3, -0.25) is 15.1 Å². The first-order chi connectivity index (χ1) is 13.5. The van der Waals surface area contributed by atoms with Crippen LogP contribution in [0.3, 0.4) is 0 Å². The van der Waals surface area contributed by atoms with Crippen LogP contribution in [0, 0.1) is 12.3 Å². The van der Waals surface area contributed by atoms with Crippen molar-refractivity contribution in [2.24, 2.45) is 7.05 Å². The summed E-state index contributed by atoms with van der Waals surface area (Å²) in [6.45, 7) is 5.01. The number of ether oxygens (including phenoxy) is 1. The van der Waals surface area contributed by atoms with E-state index in [1.165, 1.54) is 0 Å². The number of pyridine rings is 2. The van der Waals surface area contributed by atoms with Gasteiger partial charge in [-0.2, -0.15) is 5.10 Å². The first kappa shape index (κ1) is 18.1. The number of nitrogens with two attached hydrogens (primary N) is 1. The van der Waals surface area contributed by atoms with E-state index in [0.717, 1.165) is 35.7 Å². The number of anilines is 2. The third-order valence-electron chi connectivity index (χ3n) is 4.84. The lowest BCUT2D eigenvalue weighted by Gasteiger charge is -2.29. The highest BCUT2D eigenvalue weighted by atomic mass is 16.5. The molecule has 0 saturated carbocycles. The average Bonchev–Trinajstić information content (AvgIpc) is 3.15. The van der Waals surface area contributed by atoms with Crippen molar-refractivity contribution >= 4 is 17.2 Å². The normalized spacial score (nSPS) is 14.3. The van der Waals surface area contributed by atoms with Gasteiger partial charge >= 0.3 is 0 Å². The Balaban J connectivity index is 1.69. The first-order valence-electron chi connectivity index (χ1n) is 9.17. The van der Waals surface area contributed by atoms with E-state index in [4.69, 9.17) is 20.9 Å². The molecule has 1 aliphatic heterocycles. The highest BCUT2D eigenvalue weighted by Gasteiger charge is 2.18. The van der Waals surface area contributed by atoms with Crippen LogP contribution in [0.2, 0.25) is 0 Å².